The van der Waals surface area contributed by atoms with Crippen molar-refractivity contribution in [2.75, 3.05) is 0 Å². The zero-order chi connectivity index (χ0) is 21.9. The number of aromatic hydroxyl groups is 2. The van der Waals surface area contributed by atoms with E-state index in [1.807, 2.05) is 24.5 Å². The molecule has 0 radical (unpaired) electrons. The Morgan fingerprint density at radius 3 is 1.97 bits per heavy atom. The van der Waals surface area contributed by atoms with E-state index in [4.69, 9.17) is 0 Å². The van der Waals surface area contributed by atoms with Crippen molar-refractivity contribution in [3.63, 3.8) is 0 Å². The van der Waals surface area contributed by atoms with Crippen molar-refractivity contribution in [3.05, 3.63) is 61.1 Å². The second-order valence-corrected chi connectivity index (χ2v) is 7.92. The van der Waals surface area contributed by atoms with Crippen LogP contribution in [-0.2, 0) is 6.54 Å². The number of benzene rings is 1. The van der Waals surface area contributed by atoms with E-state index < -0.39 is 7.81 Å². The van der Waals surface area contributed by atoms with Gasteiger partial charge in [0.05, 0.1) is 5.69 Å². The molecule has 29 heavy (non-hydrogen) atoms. The van der Waals surface area contributed by atoms with Crippen molar-refractivity contribution in [1.82, 2.24) is 4.98 Å². The van der Waals surface area contributed by atoms with Crippen molar-refractivity contribution in [2.45, 2.75) is 13.5 Å². The summed E-state index contributed by atoms with van der Waals surface area (Å²) in [6.45, 7) is 3.03. The first kappa shape index (κ1) is 22.4. The van der Waals surface area contributed by atoms with Gasteiger partial charge in [-0.1, -0.05) is 0 Å². The Balaban J connectivity index is 0.000000370. The number of halogens is 6. The second kappa shape index (κ2) is 7.18. The van der Waals surface area contributed by atoms with Crippen molar-refractivity contribution < 1.29 is 40.0 Å². The summed E-state index contributed by atoms with van der Waals surface area (Å²) in [4.78, 5) is 4.31. The van der Waals surface area contributed by atoms with Crippen LogP contribution in [0.3, 0.4) is 0 Å². The average molecular weight is 438 g/mol. The average Bonchev–Trinajstić information content (AvgIpc) is 2.59. The topological polar surface area (TPSA) is 57.2 Å². The Labute approximate surface area is 162 Å². The number of aromatic nitrogens is 2. The molecule has 2 aromatic heterocycles. The van der Waals surface area contributed by atoms with Gasteiger partial charge in [0.2, 0.25) is 0 Å². The summed E-state index contributed by atoms with van der Waals surface area (Å²) >= 11 is 0. The molecule has 4 nitrogen and oxygen atoms in total. The summed E-state index contributed by atoms with van der Waals surface area (Å²) in [5.41, 5.74) is 3.38. The van der Waals surface area contributed by atoms with Crippen LogP contribution in [0.5, 0.6) is 11.5 Å². The third-order valence-electron chi connectivity index (χ3n) is 3.61. The molecule has 11 heteroatoms. The van der Waals surface area contributed by atoms with E-state index in [1.54, 1.807) is 12.3 Å². The predicted molar refractivity (Wildman–Crippen MR) is 97.9 cm³/mol. The van der Waals surface area contributed by atoms with Gasteiger partial charge < -0.3 is 10.2 Å². The molecular formula is C18H17F6N2O2P. The number of hydrogen-bond donors (Lipinski definition) is 2. The second-order valence-electron chi connectivity index (χ2n) is 6.01. The normalized spacial score (nSPS) is 13.6. The summed E-state index contributed by atoms with van der Waals surface area (Å²) in [7, 11) is -10.7. The Morgan fingerprint density at radius 1 is 0.862 bits per heavy atom. The molecule has 0 unspecified atom stereocenters. The van der Waals surface area contributed by atoms with E-state index in [0.29, 0.717) is 11.3 Å². The van der Waals surface area contributed by atoms with E-state index in [1.165, 1.54) is 12.1 Å². The van der Waals surface area contributed by atoms with Crippen LogP contribution in [0.1, 0.15) is 6.92 Å². The molecule has 1 aromatic carbocycles. The molecule has 0 atom stereocenters. The van der Waals surface area contributed by atoms with E-state index in [-0.39, 0.29) is 11.5 Å². The van der Waals surface area contributed by atoms with Crippen LogP contribution >= 0.6 is 7.81 Å². The standard InChI is InChI=1S/C18H16N2O2.F6P/c1-2-20-9-6-13(7-10-20)14-5-8-19-17(11-14)16-4-3-15(21)12-18(16)22;1-7(2,3,4,5)6/h3-12H,2H2,1H3,(H-,19,21,22);/q;-1/p+1. The fourth-order valence-electron chi connectivity index (χ4n) is 2.35. The molecule has 3 aromatic rings. The summed E-state index contributed by atoms with van der Waals surface area (Å²) in [6.07, 6.45) is 5.79. The Kier molecular flexibility index (Phi) is 5.55. The molecule has 0 bridgehead atoms. The van der Waals surface area contributed by atoms with Crippen molar-refractivity contribution in [2.24, 2.45) is 0 Å². The molecule has 2 N–H and O–H groups in total. The molecule has 0 aliphatic carbocycles. The van der Waals surface area contributed by atoms with Crippen LogP contribution in [0.15, 0.2) is 61.1 Å². The summed E-state index contributed by atoms with van der Waals surface area (Å²) in [5, 5.41) is 19.4. The Hall–Kier alpha value is -2.87. The van der Waals surface area contributed by atoms with Gasteiger partial charge in [0.25, 0.3) is 0 Å². The molecule has 0 aliphatic rings. The van der Waals surface area contributed by atoms with E-state index >= 15 is 0 Å². The number of pyridine rings is 2. The van der Waals surface area contributed by atoms with Gasteiger partial charge in [-0.25, -0.2) is 4.57 Å². The first-order valence-corrected chi connectivity index (χ1v) is 10.2. The third-order valence-corrected chi connectivity index (χ3v) is 3.61. The van der Waals surface area contributed by atoms with Crippen molar-refractivity contribution >= 4 is 7.81 Å². The van der Waals surface area contributed by atoms with Crippen LogP contribution in [0.25, 0.3) is 22.4 Å². The molecule has 3 rings (SSSR count). The van der Waals surface area contributed by atoms with Gasteiger partial charge in [-0.05, 0) is 42.3 Å². The zero-order valence-electron chi connectivity index (χ0n) is 15.0. The monoisotopic (exact) mass is 438 g/mol. The number of nitrogens with zero attached hydrogens (tertiary/aromatic N) is 2. The molecule has 0 saturated carbocycles. The summed E-state index contributed by atoms with van der Waals surface area (Å²) in [6, 6.07) is 12.5. The van der Waals surface area contributed by atoms with Gasteiger partial charge in [0, 0.05) is 30.0 Å². The van der Waals surface area contributed by atoms with Crippen molar-refractivity contribution in [1.29, 1.82) is 0 Å². The molecule has 0 amide bonds. The molecule has 0 fully saturated rings. The van der Waals surface area contributed by atoms with E-state index in [9.17, 15) is 35.4 Å². The summed E-state index contributed by atoms with van der Waals surface area (Å²) in [5.74, 6) is 0.0473. The molecule has 0 spiro atoms. The van der Waals surface area contributed by atoms with E-state index in [2.05, 4.69) is 28.6 Å². The van der Waals surface area contributed by atoms with Gasteiger partial charge in [0.15, 0.2) is 12.4 Å². The van der Waals surface area contributed by atoms with Crippen LogP contribution in [0.2, 0.25) is 0 Å². The van der Waals surface area contributed by atoms with Crippen LogP contribution < -0.4 is 4.57 Å². The predicted octanol–water partition coefficient (Wildman–Crippen LogP) is 6.52. The van der Waals surface area contributed by atoms with Gasteiger partial charge in [-0.2, -0.15) is 0 Å². The Bertz CT molecular complexity index is 998. The number of hydrogen-bond acceptors (Lipinski definition) is 3. The van der Waals surface area contributed by atoms with Crippen LogP contribution in [0, 0.1) is 0 Å². The fraction of sp³-hybridized carbons (Fsp3) is 0.111. The number of phenolic OH excluding ortho intramolecular Hbond substituents is 2. The summed E-state index contributed by atoms with van der Waals surface area (Å²) < 4.78 is 61.3. The van der Waals surface area contributed by atoms with Gasteiger partial charge in [-0.3, -0.25) is 4.98 Å². The van der Waals surface area contributed by atoms with Crippen LogP contribution in [0.4, 0.5) is 25.2 Å². The fourth-order valence-corrected chi connectivity index (χ4v) is 2.35. The zero-order valence-corrected chi connectivity index (χ0v) is 15.9. The molecule has 2 heterocycles. The Morgan fingerprint density at radius 2 is 1.45 bits per heavy atom. The van der Waals surface area contributed by atoms with Gasteiger partial charge in [0.1, 0.15) is 18.0 Å². The number of rotatable bonds is 3. The van der Waals surface area contributed by atoms with Gasteiger partial charge in [-0.15, -0.1) is 0 Å². The molecular weight excluding hydrogens is 421 g/mol. The molecule has 0 aliphatic heterocycles. The number of phenols is 2. The molecule has 158 valence electrons. The van der Waals surface area contributed by atoms with Gasteiger partial charge >= 0.3 is 33.0 Å². The minimum absolute atomic E-state index is 0.0153. The first-order valence-electron chi connectivity index (χ1n) is 8.16. The number of aryl methyl sites for hydroxylation is 1. The van der Waals surface area contributed by atoms with E-state index in [0.717, 1.165) is 17.7 Å². The SMILES string of the molecule is CC[n+]1ccc(-c2ccnc(-c3ccc(O)cc3O)c2)cc1.F[P-](F)(F)(F)(F)F. The first-order chi connectivity index (χ1) is 13.1. The third kappa shape index (κ3) is 8.35. The van der Waals surface area contributed by atoms with Crippen molar-refractivity contribution in [3.8, 4) is 33.9 Å². The molecule has 0 saturated heterocycles. The quantitative estimate of drug-likeness (QED) is 0.278. The van der Waals surface area contributed by atoms with Crippen LogP contribution in [-0.4, -0.2) is 15.2 Å². The minimum atomic E-state index is -10.7. The maximum absolute atomic E-state index is 10.7. The maximum atomic E-state index is 9.97.